The minimum atomic E-state index is 0.0486. The molecule has 0 fully saturated rings. The minimum absolute atomic E-state index is 0.0486. The van der Waals surface area contributed by atoms with Crippen molar-refractivity contribution in [3.63, 3.8) is 0 Å². The highest BCUT2D eigenvalue weighted by Crippen LogP contribution is 2.22. The number of rotatable bonds is 4. The first-order valence-corrected chi connectivity index (χ1v) is 6.46. The Bertz CT molecular complexity index is 573. The third-order valence-corrected chi connectivity index (χ3v) is 3.20. The lowest BCUT2D eigenvalue weighted by Gasteiger charge is -2.12. The van der Waals surface area contributed by atoms with E-state index in [1.54, 1.807) is 0 Å². The van der Waals surface area contributed by atoms with Crippen molar-refractivity contribution in [2.75, 3.05) is 0 Å². The fourth-order valence-electron chi connectivity index (χ4n) is 2.07. The summed E-state index contributed by atoms with van der Waals surface area (Å²) >= 11 is 0. The number of aryl methyl sites for hydroxylation is 3. The number of hydrogen-bond donors (Lipinski definition) is 1. The number of aromatic nitrogens is 2. The van der Waals surface area contributed by atoms with Crippen LogP contribution in [0.2, 0.25) is 0 Å². The van der Waals surface area contributed by atoms with Gasteiger partial charge < -0.3 is 10.5 Å². The SMILES string of the molecule is Cc1cc(COc2ccc([C@H](C)N)cc2C)n(C)n1. The van der Waals surface area contributed by atoms with E-state index in [-0.39, 0.29) is 6.04 Å². The van der Waals surface area contributed by atoms with Crippen LogP contribution in [0.25, 0.3) is 0 Å². The average Bonchev–Trinajstić information content (AvgIpc) is 2.66. The van der Waals surface area contributed by atoms with Crippen LogP contribution in [0.3, 0.4) is 0 Å². The highest BCUT2D eigenvalue weighted by Gasteiger charge is 2.07. The number of benzene rings is 1. The van der Waals surface area contributed by atoms with Crippen LogP contribution in [0.15, 0.2) is 24.3 Å². The molecule has 1 atom stereocenters. The molecule has 1 aromatic heterocycles. The molecule has 0 bridgehead atoms. The standard InChI is InChI=1S/C15H21N3O/c1-10-7-13(12(3)16)5-6-15(10)19-9-14-8-11(2)17-18(14)4/h5-8,12H,9,16H2,1-4H3/t12-/m0/s1. The van der Waals surface area contributed by atoms with Crippen LogP contribution in [0.5, 0.6) is 5.75 Å². The first kappa shape index (κ1) is 13.6. The molecule has 4 nitrogen and oxygen atoms in total. The maximum Gasteiger partial charge on any atom is 0.130 e. The van der Waals surface area contributed by atoms with Gasteiger partial charge in [0.05, 0.1) is 11.4 Å². The molecule has 2 N–H and O–H groups in total. The zero-order valence-electron chi connectivity index (χ0n) is 12.0. The molecule has 0 amide bonds. The van der Waals surface area contributed by atoms with E-state index in [4.69, 9.17) is 10.5 Å². The van der Waals surface area contributed by atoms with Crippen molar-refractivity contribution >= 4 is 0 Å². The molecule has 0 aliphatic rings. The predicted molar refractivity (Wildman–Crippen MR) is 76.1 cm³/mol. The first-order chi connectivity index (χ1) is 8.97. The van der Waals surface area contributed by atoms with Crippen molar-refractivity contribution in [2.45, 2.75) is 33.4 Å². The maximum atomic E-state index is 5.87. The Balaban J connectivity index is 2.10. The average molecular weight is 259 g/mol. The number of hydrogen-bond acceptors (Lipinski definition) is 3. The second-order valence-electron chi connectivity index (χ2n) is 5.00. The van der Waals surface area contributed by atoms with E-state index < -0.39 is 0 Å². The van der Waals surface area contributed by atoms with Gasteiger partial charge in [-0.2, -0.15) is 5.10 Å². The highest BCUT2D eigenvalue weighted by molar-refractivity contribution is 5.37. The molecule has 2 aromatic rings. The molecule has 102 valence electrons. The van der Waals surface area contributed by atoms with Gasteiger partial charge in [0, 0.05) is 13.1 Å². The van der Waals surface area contributed by atoms with Gasteiger partial charge in [-0.1, -0.05) is 12.1 Å². The summed E-state index contributed by atoms with van der Waals surface area (Å²) in [5, 5.41) is 4.30. The highest BCUT2D eigenvalue weighted by atomic mass is 16.5. The smallest absolute Gasteiger partial charge is 0.130 e. The van der Waals surface area contributed by atoms with Crippen LogP contribution in [0.1, 0.15) is 35.5 Å². The Labute approximate surface area is 114 Å². The Kier molecular flexibility index (Phi) is 3.90. The van der Waals surface area contributed by atoms with Gasteiger partial charge in [0.2, 0.25) is 0 Å². The number of nitrogens with two attached hydrogens (primary N) is 1. The lowest BCUT2D eigenvalue weighted by Crippen LogP contribution is -2.06. The van der Waals surface area contributed by atoms with Crippen molar-refractivity contribution < 1.29 is 4.74 Å². The summed E-state index contributed by atoms with van der Waals surface area (Å²) < 4.78 is 7.70. The summed E-state index contributed by atoms with van der Waals surface area (Å²) in [5.74, 6) is 0.892. The molecule has 0 aliphatic carbocycles. The molecule has 19 heavy (non-hydrogen) atoms. The van der Waals surface area contributed by atoms with Crippen molar-refractivity contribution in [3.05, 3.63) is 46.8 Å². The van der Waals surface area contributed by atoms with Crippen molar-refractivity contribution in [3.8, 4) is 5.75 Å². The van der Waals surface area contributed by atoms with E-state index in [0.717, 1.165) is 28.3 Å². The molecular formula is C15H21N3O. The quantitative estimate of drug-likeness (QED) is 0.918. The molecule has 0 radical (unpaired) electrons. The van der Waals surface area contributed by atoms with Crippen LogP contribution in [-0.2, 0) is 13.7 Å². The van der Waals surface area contributed by atoms with Gasteiger partial charge >= 0.3 is 0 Å². The normalized spacial score (nSPS) is 12.5. The molecule has 0 spiro atoms. The summed E-state index contributed by atoms with van der Waals surface area (Å²) in [6.45, 7) is 6.52. The third-order valence-electron chi connectivity index (χ3n) is 3.20. The third kappa shape index (κ3) is 3.15. The maximum absolute atomic E-state index is 5.87. The molecule has 0 aliphatic heterocycles. The van der Waals surface area contributed by atoms with E-state index in [0.29, 0.717) is 6.61 Å². The van der Waals surface area contributed by atoms with Gasteiger partial charge in [-0.15, -0.1) is 0 Å². The van der Waals surface area contributed by atoms with Crippen molar-refractivity contribution in [1.82, 2.24) is 9.78 Å². The van der Waals surface area contributed by atoms with E-state index in [1.807, 2.05) is 50.7 Å². The minimum Gasteiger partial charge on any atom is -0.487 e. The van der Waals surface area contributed by atoms with E-state index in [9.17, 15) is 0 Å². The number of ether oxygens (including phenoxy) is 1. The molecule has 4 heteroatoms. The lowest BCUT2D eigenvalue weighted by atomic mass is 10.1. The monoisotopic (exact) mass is 259 g/mol. The molecule has 0 saturated heterocycles. The molecule has 0 unspecified atom stereocenters. The lowest BCUT2D eigenvalue weighted by molar-refractivity contribution is 0.293. The molecule has 2 rings (SSSR count). The Morgan fingerprint density at radius 2 is 2.05 bits per heavy atom. The summed E-state index contributed by atoms with van der Waals surface area (Å²) in [6.07, 6.45) is 0. The summed E-state index contributed by atoms with van der Waals surface area (Å²) in [5.41, 5.74) is 10.2. The predicted octanol–water partition coefficient (Wildman–Crippen LogP) is 2.64. The summed E-state index contributed by atoms with van der Waals surface area (Å²) in [4.78, 5) is 0. The topological polar surface area (TPSA) is 53.1 Å². The van der Waals surface area contributed by atoms with Gasteiger partial charge in [-0.25, -0.2) is 0 Å². The molecule has 1 heterocycles. The van der Waals surface area contributed by atoms with Crippen LogP contribution < -0.4 is 10.5 Å². The zero-order valence-corrected chi connectivity index (χ0v) is 12.0. The van der Waals surface area contributed by atoms with Gasteiger partial charge in [-0.05, 0) is 44.0 Å². The molecule has 0 saturated carbocycles. The van der Waals surface area contributed by atoms with Crippen LogP contribution in [-0.4, -0.2) is 9.78 Å². The van der Waals surface area contributed by atoms with E-state index in [2.05, 4.69) is 11.2 Å². The Morgan fingerprint density at radius 3 is 2.58 bits per heavy atom. The van der Waals surface area contributed by atoms with Crippen LogP contribution in [0, 0.1) is 13.8 Å². The first-order valence-electron chi connectivity index (χ1n) is 6.46. The Hall–Kier alpha value is -1.81. The largest absolute Gasteiger partial charge is 0.487 e. The van der Waals surface area contributed by atoms with E-state index in [1.165, 1.54) is 0 Å². The summed E-state index contributed by atoms with van der Waals surface area (Å²) in [7, 11) is 1.93. The zero-order chi connectivity index (χ0) is 14.0. The van der Waals surface area contributed by atoms with Crippen LogP contribution >= 0.6 is 0 Å². The van der Waals surface area contributed by atoms with Gasteiger partial charge in [0.1, 0.15) is 12.4 Å². The summed E-state index contributed by atoms with van der Waals surface area (Å²) in [6, 6.07) is 8.16. The fraction of sp³-hybridized carbons (Fsp3) is 0.400. The second kappa shape index (κ2) is 5.45. The van der Waals surface area contributed by atoms with Gasteiger partial charge in [-0.3, -0.25) is 4.68 Å². The van der Waals surface area contributed by atoms with Crippen LogP contribution in [0.4, 0.5) is 0 Å². The van der Waals surface area contributed by atoms with Crippen molar-refractivity contribution in [2.24, 2.45) is 12.8 Å². The molecule has 1 aromatic carbocycles. The van der Waals surface area contributed by atoms with Crippen molar-refractivity contribution in [1.29, 1.82) is 0 Å². The van der Waals surface area contributed by atoms with Gasteiger partial charge in [0.25, 0.3) is 0 Å². The van der Waals surface area contributed by atoms with Gasteiger partial charge in [0.15, 0.2) is 0 Å². The Morgan fingerprint density at radius 1 is 1.32 bits per heavy atom. The molecular weight excluding hydrogens is 238 g/mol. The fourth-order valence-corrected chi connectivity index (χ4v) is 2.07. The second-order valence-corrected chi connectivity index (χ2v) is 5.00. The van der Waals surface area contributed by atoms with E-state index >= 15 is 0 Å². The number of nitrogens with zero attached hydrogens (tertiary/aromatic N) is 2.